The lowest BCUT2D eigenvalue weighted by Crippen LogP contribution is -2.46. The molecule has 1 fully saturated rings. The lowest BCUT2D eigenvalue weighted by atomic mass is 10.1. The Hall–Kier alpha value is -1.93. The standard InChI is InChI=1S/C15H24N4O4/c1-10(9-19-5-7-23-8-6-19)16-13(20)4-3-12-11(2)17-15(22)18-14(12)21/h10H,3-9H2,1-2H3,(H,16,20)(H2,17,18,21,22)/t10-/m0/s1. The number of nitrogens with one attached hydrogen (secondary N) is 3. The third kappa shape index (κ3) is 5.33. The van der Waals surface area contributed by atoms with E-state index in [1.54, 1.807) is 6.92 Å². The normalized spacial score (nSPS) is 17.0. The molecule has 0 unspecified atom stereocenters. The Labute approximate surface area is 134 Å². The van der Waals surface area contributed by atoms with Gasteiger partial charge in [0.15, 0.2) is 0 Å². The van der Waals surface area contributed by atoms with E-state index in [1.807, 2.05) is 6.92 Å². The van der Waals surface area contributed by atoms with E-state index in [-0.39, 0.29) is 18.4 Å². The lowest BCUT2D eigenvalue weighted by Gasteiger charge is -2.29. The average molecular weight is 324 g/mol. The van der Waals surface area contributed by atoms with Crippen molar-refractivity contribution in [1.29, 1.82) is 0 Å². The fourth-order valence-electron chi connectivity index (χ4n) is 2.73. The van der Waals surface area contributed by atoms with Crippen LogP contribution in [0.25, 0.3) is 0 Å². The second-order valence-electron chi connectivity index (χ2n) is 5.89. The van der Waals surface area contributed by atoms with E-state index in [0.717, 1.165) is 32.8 Å². The van der Waals surface area contributed by atoms with Gasteiger partial charge in [-0.2, -0.15) is 0 Å². The predicted molar refractivity (Wildman–Crippen MR) is 85.6 cm³/mol. The highest BCUT2D eigenvalue weighted by molar-refractivity contribution is 5.76. The number of amides is 1. The zero-order valence-corrected chi connectivity index (χ0v) is 13.6. The molecule has 3 N–H and O–H groups in total. The van der Waals surface area contributed by atoms with Gasteiger partial charge in [-0.15, -0.1) is 0 Å². The molecule has 1 aliphatic heterocycles. The summed E-state index contributed by atoms with van der Waals surface area (Å²) in [6, 6.07) is 0.0376. The van der Waals surface area contributed by atoms with Crippen molar-refractivity contribution in [3.63, 3.8) is 0 Å². The van der Waals surface area contributed by atoms with Gasteiger partial charge >= 0.3 is 5.69 Å². The summed E-state index contributed by atoms with van der Waals surface area (Å²) in [5, 5.41) is 2.94. The van der Waals surface area contributed by atoms with Gasteiger partial charge in [-0.1, -0.05) is 0 Å². The summed E-state index contributed by atoms with van der Waals surface area (Å²) < 4.78 is 5.29. The van der Waals surface area contributed by atoms with Gasteiger partial charge < -0.3 is 15.0 Å². The quantitative estimate of drug-likeness (QED) is 0.631. The molecule has 2 rings (SSSR count). The summed E-state index contributed by atoms with van der Waals surface area (Å²) in [5.41, 5.74) is -0.00579. The maximum atomic E-state index is 12.0. The molecule has 0 aliphatic carbocycles. The highest BCUT2D eigenvalue weighted by atomic mass is 16.5. The number of carbonyl (C=O) groups is 1. The maximum absolute atomic E-state index is 12.0. The van der Waals surface area contributed by atoms with Crippen LogP contribution in [0, 0.1) is 6.92 Å². The second kappa shape index (κ2) is 8.07. The lowest BCUT2D eigenvalue weighted by molar-refractivity contribution is -0.121. The zero-order valence-electron chi connectivity index (χ0n) is 13.6. The van der Waals surface area contributed by atoms with Crippen molar-refractivity contribution in [3.8, 4) is 0 Å². The molecule has 0 spiro atoms. The van der Waals surface area contributed by atoms with E-state index < -0.39 is 11.2 Å². The molecule has 0 radical (unpaired) electrons. The summed E-state index contributed by atoms with van der Waals surface area (Å²) >= 11 is 0. The van der Waals surface area contributed by atoms with Gasteiger partial charge in [0, 0.05) is 43.4 Å². The molecule has 8 heteroatoms. The second-order valence-corrected chi connectivity index (χ2v) is 5.89. The first-order chi connectivity index (χ1) is 11.0. The molecule has 1 atom stereocenters. The van der Waals surface area contributed by atoms with Crippen molar-refractivity contribution in [1.82, 2.24) is 20.2 Å². The van der Waals surface area contributed by atoms with Crippen molar-refractivity contribution in [2.45, 2.75) is 32.7 Å². The van der Waals surface area contributed by atoms with Crippen molar-refractivity contribution >= 4 is 5.91 Å². The minimum atomic E-state index is -0.528. The summed E-state index contributed by atoms with van der Waals surface area (Å²) in [5.74, 6) is -0.101. The Bertz CT molecular complexity index is 646. The molecule has 2 heterocycles. The number of aromatic amines is 2. The number of aryl methyl sites for hydroxylation is 1. The van der Waals surface area contributed by atoms with Crippen LogP contribution in [0.2, 0.25) is 0 Å². The van der Waals surface area contributed by atoms with E-state index in [0.29, 0.717) is 17.7 Å². The van der Waals surface area contributed by atoms with Crippen LogP contribution in [-0.4, -0.2) is 59.7 Å². The molecular weight excluding hydrogens is 300 g/mol. The fourth-order valence-corrected chi connectivity index (χ4v) is 2.73. The molecule has 0 saturated carbocycles. The largest absolute Gasteiger partial charge is 0.379 e. The molecule has 0 aromatic carbocycles. The Balaban J connectivity index is 1.80. The van der Waals surface area contributed by atoms with Gasteiger partial charge in [-0.3, -0.25) is 19.5 Å². The number of aromatic nitrogens is 2. The van der Waals surface area contributed by atoms with Crippen LogP contribution in [0.5, 0.6) is 0 Å². The van der Waals surface area contributed by atoms with Crippen LogP contribution in [0.1, 0.15) is 24.6 Å². The number of hydrogen-bond acceptors (Lipinski definition) is 5. The number of morpholine rings is 1. The van der Waals surface area contributed by atoms with Crippen molar-refractivity contribution < 1.29 is 9.53 Å². The van der Waals surface area contributed by atoms with Gasteiger partial charge in [0.2, 0.25) is 5.91 Å². The van der Waals surface area contributed by atoms with Gasteiger partial charge in [0.1, 0.15) is 0 Å². The Morgan fingerprint density at radius 3 is 2.65 bits per heavy atom. The molecule has 1 aromatic heterocycles. The van der Waals surface area contributed by atoms with E-state index in [4.69, 9.17) is 4.74 Å². The number of ether oxygens (including phenoxy) is 1. The molecule has 1 aliphatic rings. The molecule has 1 aromatic rings. The van der Waals surface area contributed by atoms with Crippen molar-refractivity contribution in [2.24, 2.45) is 0 Å². The molecule has 1 amide bonds. The number of nitrogens with zero attached hydrogens (tertiary/aromatic N) is 1. The van der Waals surface area contributed by atoms with Gasteiger partial charge in [0.05, 0.1) is 13.2 Å². The summed E-state index contributed by atoms with van der Waals surface area (Å²) in [4.78, 5) is 41.9. The first kappa shape index (κ1) is 17.4. The highest BCUT2D eigenvalue weighted by Gasteiger charge is 2.16. The van der Waals surface area contributed by atoms with Gasteiger partial charge in [-0.25, -0.2) is 4.79 Å². The summed E-state index contributed by atoms with van der Waals surface area (Å²) in [7, 11) is 0. The number of rotatable bonds is 6. The van der Waals surface area contributed by atoms with E-state index in [2.05, 4.69) is 20.2 Å². The topological polar surface area (TPSA) is 107 Å². The van der Waals surface area contributed by atoms with Crippen LogP contribution in [-0.2, 0) is 16.0 Å². The first-order valence-electron chi connectivity index (χ1n) is 7.87. The maximum Gasteiger partial charge on any atom is 0.325 e. The van der Waals surface area contributed by atoms with Crippen molar-refractivity contribution in [2.75, 3.05) is 32.8 Å². The van der Waals surface area contributed by atoms with Crippen molar-refractivity contribution in [3.05, 3.63) is 32.1 Å². The molecular formula is C15H24N4O4. The summed E-state index contributed by atoms with van der Waals surface area (Å²) in [6.07, 6.45) is 0.511. The minimum Gasteiger partial charge on any atom is -0.379 e. The molecule has 8 nitrogen and oxygen atoms in total. The van der Waals surface area contributed by atoms with Crippen LogP contribution in [0.3, 0.4) is 0 Å². The van der Waals surface area contributed by atoms with Crippen LogP contribution >= 0.6 is 0 Å². The third-order valence-corrected chi connectivity index (χ3v) is 3.90. The Kier molecular flexibility index (Phi) is 6.12. The predicted octanol–water partition coefficient (Wildman–Crippen LogP) is -0.859. The monoisotopic (exact) mass is 324 g/mol. The summed E-state index contributed by atoms with van der Waals surface area (Å²) in [6.45, 7) is 7.63. The molecule has 23 heavy (non-hydrogen) atoms. The first-order valence-corrected chi connectivity index (χ1v) is 7.87. The number of hydrogen-bond donors (Lipinski definition) is 3. The fraction of sp³-hybridized carbons (Fsp3) is 0.667. The molecule has 1 saturated heterocycles. The minimum absolute atomic E-state index is 0.0376. The SMILES string of the molecule is Cc1[nH]c(=O)[nH]c(=O)c1CCC(=O)N[C@@H](C)CN1CCOCC1. The molecule has 128 valence electrons. The van der Waals surface area contributed by atoms with Crippen LogP contribution in [0.15, 0.2) is 9.59 Å². The van der Waals surface area contributed by atoms with Crippen LogP contribution in [0.4, 0.5) is 0 Å². The zero-order chi connectivity index (χ0) is 16.8. The number of H-pyrrole nitrogens is 2. The Morgan fingerprint density at radius 2 is 2.00 bits per heavy atom. The smallest absolute Gasteiger partial charge is 0.325 e. The van der Waals surface area contributed by atoms with Crippen LogP contribution < -0.4 is 16.6 Å². The van der Waals surface area contributed by atoms with Gasteiger partial charge in [-0.05, 0) is 20.3 Å². The third-order valence-electron chi connectivity index (χ3n) is 3.90. The van der Waals surface area contributed by atoms with Gasteiger partial charge in [0.25, 0.3) is 5.56 Å². The average Bonchev–Trinajstić information content (AvgIpc) is 2.46. The molecule has 0 bridgehead atoms. The highest BCUT2D eigenvalue weighted by Crippen LogP contribution is 2.02. The Morgan fingerprint density at radius 1 is 1.30 bits per heavy atom. The number of carbonyl (C=O) groups excluding carboxylic acids is 1. The van der Waals surface area contributed by atoms with E-state index in [9.17, 15) is 14.4 Å². The van der Waals surface area contributed by atoms with E-state index in [1.165, 1.54) is 0 Å². The van der Waals surface area contributed by atoms with E-state index >= 15 is 0 Å².